The lowest BCUT2D eigenvalue weighted by molar-refractivity contribution is 0.0697. The molecular weight excluding hydrogens is 440 g/mol. The summed E-state index contributed by atoms with van der Waals surface area (Å²) in [5, 5.41) is 12.5. The van der Waals surface area contributed by atoms with Gasteiger partial charge in [0.15, 0.2) is 9.84 Å². The number of carbonyl (C=O) groups is 1. The van der Waals surface area contributed by atoms with Crippen molar-refractivity contribution < 1.29 is 18.3 Å². The molecule has 10 heteroatoms. The lowest BCUT2D eigenvalue weighted by atomic mass is 10.1. The second-order valence-corrected chi connectivity index (χ2v) is 9.52. The standard InChI is InChI=1S/C21H21ClN4O4S/c1-13-16(3-2-4-17(13)22)18-11-19(26-21(23)25-18)24-9-10-31(29,30)12-14-5-7-15(8-6-14)20(27)28/h2-8,11H,9-10,12H2,1H3,(H,27,28)(H3,23,24,25,26). The number of aromatic nitrogens is 2. The summed E-state index contributed by atoms with van der Waals surface area (Å²) in [5.74, 6) is -0.921. The molecular formula is C21H21ClN4O4S. The highest BCUT2D eigenvalue weighted by atomic mass is 35.5. The zero-order valence-electron chi connectivity index (χ0n) is 16.7. The fourth-order valence-electron chi connectivity index (χ4n) is 2.98. The van der Waals surface area contributed by atoms with Crippen molar-refractivity contribution in [3.05, 3.63) is 70.2 Å². The van der Waals surface area contributed by atoms with Crippen molar-refractivity contribution >= 4 is 39.2 Å². The molecule has 0 saturated heterocycles. The summed E-state index contributed by atoms with van der Waals surface area (Å²) in [5.41, 5.74) is 8.69. The number of carboxylic acid groups (broad SMARTS) is 1. The number of nitrogens with zero attached hydrogens (tertiary/aromatic N) is 2. The first-order valence-corrected chi connectivity index (χ1v) is 11.5. The molecule has 0 aliphatic heterocycles. The molecule has 1 heterocycles. The van der Waals surface area contributed by atoms with Crippen LogP contribution >= 0.6 is 11.6 Å². The van der Waals surface area contributed by atoms with E-state index in [0.29, 0.717) is 22.1 Å². The van der Waals surface area contributed by atoms with Crippen LogP contribution in [-0.2, 0) is 15.6 Å². The number of halogens is 1. The molecule has 0 saturated carbocycles. The van der Waals surface area contributed by atoms with Gasteiger partial charge in [-0.1, -0.05) is 35.9 Å². The van der Waals surface area contributed by atoms with Crippen LogP contribution in [-0.4, -0.2) is 41.8 Å². The summed E-state index contributed by atoms with van der Waals surface area (Å²) in [6.45, 7) is 2.00. The number of carboxylic acids is 1. The molecule has 0 aliphatic carbocycles. The van der Waals surface area contributed by atoms with Gasteiger partial charge in [0, 0.05) is 23.2 Å². The van der Waals surface area contributed by atoms with Crippen molar-refractivity contribution in [2.75, 3.05) is 23.3 Å². The molecule has 0 spiro atoms. The second-order valence-electron chi connectivity index (χ2n) is 6.93. The van der Waals surface area contributed by atoms with E-state index in [1.807, 2.05) is 19.1 Å². The molecule has 3 aromatic rings. The number of hydrogen-bond donors (Lipinski definition) is 3. The molecule has 0 radical (unpaired) electrons. The molecule has 2 aromatic carbocycles. The lowest BCUT2D eigenvalue weighted by Gasteiger charge is -2.11. The van der Waals surface area contributed by atoms with Gasteiger partial charge in [0.05, 0.1) is 22.8 Å². The maximum absolute atomic E-state index is 12.4. The van der Waals surface area contributed by atoms with Crippen LogP contribution in [0.15, 0.2) is 48.5 Å². The minimum atomic E-state index is -3.42. The van der Waals surface area contributed by atoms with Gasteiger partial charge in [0.1, 0.15) is 5.82 Å². The average molecular weight is 461 g/mol. The van der Waals surface area contributed by atoms with Crippen LogP contribution in [0.2, 0.25) is 5.02 Å². The van der Waals surface area contributed by atoms with Crippen molar-refractivity contribution in [2.45, 2.75) is 12.7 Å². The van der Waals surface area contributed by atoms with Gasteiger partial charge in [-0.2, -0.15) is 4.98 Å². The third kappa shape index (κ3) is 5.93. The summed E-state index contributed by atoms with van der Waals surface area (Å²) < 4.78 is 24.8. The van der Waals surface area contributed by atoms with Gasteiger partial charge in [0.2, 0.25) is 5.95 Å². The van der Waals surface area contributed by atoms with Gasteiger partial charge in [0.25, 0.3) is 0 Å². The number of sulfone groups is 1. The number of hydrogen-bond acceptors (Lipinski definition) is 7. The van der Waals surface area contributed by atoms with Crippen molar-refractivity contribution in [1.82, 2.24) is 9.97 Å². The molecule has 0 bridgehead atoms. The highest BCUT2D eigenvalue weighted by Crippen LogP contribution is 2.28. The van der Waals surface area contributed by atoms with Crippen LogP contribution in [0.5, 0.6) is 0 Å². The summed E-state index contributed by atoms with van der Waals surface area (Å²) in [4.78, 5) is 19.3. The molecule has 162 valence electrons. The Labute approximate surface area is 185 Å². The monoisotopic (exact) mass is 460 g/mol. The van der Waals surface area contributed by atoms with E-state index in [9.17, 15) is 13.2 Å². The first-order chi connectivity index (χ1) is 14.6. The zero-order chi connectivity index (χ0) is 22.6. The molecule has 0 atom stereocenters. The summed E-state index contributed by atoms with van der Waals surface area (Å²) in [6, 6.07) is 12.9. The van der Waals surface area contributed by atoms with E-state index in [0.717, 1.165) is 11.1 Å². The number of rotatable bonds is 8. The van der Waals surface area contributed by atoms with E-state index in [2.05, 4.69) is 15.3 Å². The average Bonchev–Trinajstić information content (AvgIpc) is 2.69. The predicted octanol–water partition coefficient (Wildman–Crippen LogP) is 3.41. The zero-order valence-corrected chi connectivity index (χ0v) is 18.2. The number of nitrogens with two attached hydrogens (primary N) is 1. The largest absolute Gasteiger partial charge is 0.478 e. The Bertz CT molecular complexity index is 1210. The highest BCUT2D eigenvalue weighted by Gasteiger charge is 2.14. The number of benzene rings is 2. The van der Waals surface area contributed by atoms with Crippen LogP contribution in [0.4, 0.5) is 11.8 Å². The third-order valence-corrected chi connectivity index (χ3v) is 6.60. The minimum Gasteiger partial charge on any atom is -0.478 e. The normalized spacial score (nSPS) is 11.3. The Balaban J connectivity index is 1.66. The lowest BCUT2D eigenvalue weighted by Crippen LogP contribution is -2.18. The Kier molecular flexibility index (Phi) is 6.77. The van der Waals surface area contributed by atoms with E-state index in [1.54, 1.807) is 12.1 Å². The van der Waals surface area contributed by atoms with Crippen molar-refractivity contribution in [3.8, 4) is 11.3 Å². The predicted molar refractivity (Wildman–Crippen MR) is 121 cm³/mol. The van der Waals surface area contributed by atoms with Crippen molar-refractivity contribution in [1.29, 1.82) is 0 Å². The number of nitrogen functional groups attached to an aromatic ring is 1. The summed E-state index contributed by atoms with van der Waals surface area (Å²) in [6.07, 6.45) is 0. The van der Waals surface area contributed by atoms with Crippen LogP contribution < -0.4 is 11.1 Å². The molecule has 3 rings (SSSR count). The molecule has 1 aromatic heterocycles. The van der Waals surface area contributed by atoms with E-state index in [4.69, 9.17) is 22.4 Å². The fraction of sp³-hybridized carbons (Fsp3) is 0.190. The number of aromatic carboxylic acids is 1. The molecule has 31 heavy (non-hydrogen) atoms. The molecule has 0 aliphatic rings. The van der Waals surface area contributed by atoms with Crippen LogP contribution in [0, 0.1) is 6.92 Å². The Hall–Kier alpha value is -3.17. The van der Waals surface area contributed by atoms with Crippen LogP contribution in [0.25, 0.3) is 11.3 Å². The molecule has 0 unspecified atom stereocenters. The van der Waals surface area contributed by atoms with Gasteiger partial charge in [-0.15, -0.1) is 0 Å². The van der Waals surface area contributed by atoms with Gasteiger partial charge in [-0.25, -0.2) is 18.2 Å². The van der Waals surface area contributed by atoms with Gasteiger partial charge >= 0.3 is 5.97 Å². The summed E-state index contributed by atoms with van der Waals surface area (Å²) >= 11 is 6.18. The fourth-order valence-corrected chi connectivity index (χ4v) is 4.42. The number of anilines is 2. The van der Waals surface area contributed by atoms with E-state index >= 15 is 0 Å². The third-order valence-electron chi connectivity index (χ3n) is 4.59. The molecule has 8 nitrogen and oxygen atoms in total. The number of nitrogens with one attached hydrogen (secondary N) is 1. The maximum Gasteiger partial charge on any atom is 0.335 e. The summed E-state index contributed by atoms with van der Waals surface area (Å²) in [7, 11) is -3.42. The van der Waals surface area contributed by atoms with E-state index < -0.39 is 15.8 Å². The van der Waals surface area contributed by atoms with Gasteiger partial charge in [-0.3, -0.25) is 0 Å². The Morgan fingerprint density at radius 2 is 1.87 bits per heavy atom. The smallest absolute Gasteiger partial charge is 0.335 e. The van der Waals surface area contributed by atoms with Gasteiger partial charge < -0.3 is 16.2 Å². The highest BCUT2D eigenvalue weighted by molar-refractivity contribution is 7.90. The van der Waals surface area contributed by atoms with Crippen LogP contribution in [0.1, 0.15) is 21.5 Å². The van der Waals surface area contributed by atoms with Crippen molar-refractivity contribution in [2.24, 2.45) is 0 Å². The first-order valence-electron chi connectivity index (χ1n) is 9.31. The molecule has 4 N–H and O–H groups in total. The quantitative estimate of drug-likeness (QED) is 0.465. The molecule has 0 fully saturated rings. The van der Waals surface area contributed by atoms with Crippen molar-refractivity contribution in [3.63, 3.8) is 0 Å². The first kappa shape index (κ1) is 22.5. The van der Waals surface area contributed by atoms with E-state index in [1.165, 1.54) is 24.3 Å². The topological polar surface area (TPSA) is 135 Å². The second kappa shape index (κ2) is 9.32. The Morgan fingerprint density at radius 1 is 1.16 bits per heavy atom. The van der Waals surface area contributed by atoms with Gasteiger partial charge in [-0.05, 0) is 36.2 Å². The van der Waals surface area contributed by atoms with Crippen LogP contribution in [0.3, 0.4) is 0 Å². The maximum atomic E-state index is 12.4. The minimum absolute atomic E-state index is 0.0563. The SMILES string of the molecule is Cc1c(Cl)cccc1-c1cc(NCCS(=O)(=O)Cc2ccc(C(=O)O)cc2)nc(N)n1. The van der Waals surface area contributed by atoms with E-state index in [-0.39, 0.29) is 29.6 Å². The Morgan fingerprint density at radius 3 is 2.55 bits per heavy atom. The molecule has 0 amide bonds.